The van der Waals surface area contributed by atoms with Crippen LogP contribution in [0.1, 0.15) is 50.0 Å². The number of benzene rings is 1. The zero-order valence-corrected chi connectivity index (χ0v) is 17.9. The van der Waals surface area contributed by atoms with Gasteiger partial charge in [-0.2, -0.15) is 0 Å². The molecule has 2 aromatic rings. The molecule has 3 N–H and O–H groups in total. The summed E-state index contributed by atoms with van der Waals surface area (Å²) in [4.78, 5) is 31.5. The molecule has 31 heavy (non-hydrogen) atoms. The van der Waals surface area contributed by atoms with Gasteiger partial charge in [0.2, 0.25) is 5.43 Å². The number of carboxylic acids is 1. The van der Waals surface area contributed by atoms with Crippen molar-refractivity contribution in [1.29, 1.82) is 0 Å². The summed E-state index contributed by atoms with van der Waals surface area (Å²) in [6.45, 7) is 6.88. The number of nitrogens with two attached hydrogens (primary N) is 1. The molecule has 0 bridgehead atoms. The molecule has 0 spiro atoms. The zero-order chi connectivity index (χ0) is 22.5. The number of anilines is 1. The van der Waals surface area contributed by atoms with Crippen molar-refractivity contribution < 1.29 is 19.1 Å². The quantitative estimate of drug-likeness (QED) is 0.706. The minimum atomic E-state index is -1.31. The Labute approximate surface area is 179 Å². The normalized spacial score (nSPS) is 20.6. The van der Waals surface area contributed by atoms with Crippen LogP contribution in [-0.4, -0.2) is 46.6 Å². The van der Waals surface area contributed by atoms with Crippen LogP contribution >= 0.6 is 0 Å². The summed E-state index contributed by atoms with van der Waals surface area (Å²) in [5.74, 6) is -1.96. The van der Waals surface area contributed by atoms with Crippen molar-refractivity contribution in [3.63, 3.8) is 0 Å². The van der Waals surface area contributed by atoms with Crippen molar-refractivity contribution in [2.24, 2.45) is 16.8 Å². The standard InChI is InChI=1S/C22H27FN4O4/c1-22(2,3)31-25-17-11-26(9-12(17)8-24)19-7-18-14(6-16(19)23)20(28)15(21(29)30)10-27(18)13-4-5-13/h6-7,10,12-13H,4-5,8-9,11,24H2,1-3H3,(H,29,30). The smallest absolute Gasteiger partial charge is 0.341 e. The molecule has 0 radical (unpaired) electrons. The van der Waals surface area contributed by atoms with Gasteiger partial charge in [0, 0.05) is 36.6 Å². The lowest BCUT2D eigenvalue weighted by Crippen LogP contribution is -2.25. The number of pyridine rings is 1. The van der Waals surface area contributed by atoms with E-state index in [-0.39, 0.29) is 22.9 Å². The van der Waals surface area contributed by atoms with E-state index in [2.05, 4.69) is 5.16 Å². The van der Waals surface area contributed by atoms with Crippen molar-refractivity contribution in [3.05, 3.63) is 39.9 Å². The molecular weight excluding hydrogens is 403 g/mol. The lowest BCUT2D eigenvalue weighted by molar-refractivity contribution is 0.000172. The van der Waals surface area contributed by atoms with Gasteiger partial charge in [0.05, 0.1) is 23.5 Å². The molecule has 9 heteroatoms. The predicted octanol–water partition coefficient (Wildman–Crippen LogP) is 2.74. The summed E-state index contributed by atoms with van der Waals surface area (Å²) in [6.07, 6.45) is 3.16. The van der Waals surface area contributed by atoms with Gasteiger partial charge < -0.3 is 25.1 Å². The lowest BCUT2D eigenvalue weighted by Gasteiger charge is -2.21. The van der Waals surface area contributed by atoms with Crippen molar-refractivity contribution >= 4 is 28.3 Å². The van der Waals surface area contributed by atoms with Gasteiger partial charge >= 0.3 is 5.97 Å². The Balaban J connectivity index is 1.78. The Hall–Kier alpha value is -2.94. The molecule has 166 valence electrons. The third-order valence-corrected chi connectivity index (χ3v) is 5.60. The van der Waals surface area contributed by atoms with Crippen LogP contribution in [0.4, 0.5) is 10.1 Å². The van der Waals surface area contributed by atoms with Gasteiger partial charge in [-0.1, -0.05) is 5.16 Å². The molecule has 1 aliphatic carbocycles. The van der Waals surface area contributed by atoms with E-state index in [0.717, 1.165) is 24.6 Å². The summed E-state index contributed by atoms with van der Waals surface area (Å²) in [5, 5.41) is 13.7. The molecule has 1 aromatic carbocycles. The van der Waals surface area contributed by atoms with Crippen LogP contribution in [0.15, 0.2) is 28.3 Å². The third kappa shape index (κ3) is 4.14. The van der Waals surface area contributed by atoms with E-state index in [1.54, 1.807) is 10.6 Å². The molecular formula is C22H27FN4O4. The first kappa shape index (κ1) is 21.3. The fourth-order valence-electron chi connectivity index (χ4n) is 3.86. The van der Waals surface area contributed by atoms with Gasteiger partial charge in [-0.05, 0) is 45.7 Å². The second-order valence-electron chi connectivity index (χ2n) is 9.24. The molecule has 1 aliphatic heterocycles. The predicted molar refractivity (Wildman–Crippen MR) is 116 cm³/mol. The largest absolute Gasteiger partial charge is 0.477 e. The van der Waals surface area contributed by atoms with Crippen LogP contribution in [0.2, 0.25) is 0 Å². The summed E-state index contributed by atoms with van der Waals surface area (Å²) >= 11 is 0. The minimum Gasteiger partial charge on any atom is -0.477 e. The summed E-state index contributed by atoms with van der Waals surface area (Å²) in [5.41, 5.74) is 6.07. The second kappa shape index (κ2) is 7.64. The van der Waals surface area contributed by atoms with E-state index in [4.69, 9.17) is 10.6 Å². The number of fused-ring (bicyclic) bond motifs is 1. The number of aromatic carboxylic acids is 1. The van der Waals surface area contributed by atoms with Gasteiger partial charge in [0.25, 0.3) is 0 Å². The number of aromatic nitrogens is 1. The number of nitrogens with zero attached hydrogens (tertiary/aromatic N) is 3. The first-order valence-electron chi connectivity index (χ1n) is 10.4. The molecule has 1 saturated carbocycles. The van der Waals surface area contributed by atoms with Crippen LogP contribution in [0.5, 0.6) is 0 Å². The number of hydrogen-bond acceptors (Lipinski definition) is 6. The number of oxime groups is 1. The van der Waals surface area contributed by atoms with Crippen LogP contribution in [0, 0.1) is 11.7 Å². The summed E-state index contributed by atoms with van der Waals surface area (Å²) in [7, 11) is 0. The highest BCUT2D eigenvalue weighted by atomic mass is 19.1. The van der Waals surface area contributed by atoms with E-state index in [0.29, 0.717) is 30.8 Å². The maximum Gasteiger partial charge on any atom is 0.341 e. The fraction of sp³-hybridized carbons (Fsp3) is 0.500. The molecule has 2 heterocycles. The fourth-order valence-corrected chi connectivity index (χ4v) is 3.86. The van der Waals surface area contributed by atoms with E-state index in [9.17, 15) is 14.7 Å². The average molecular weight is 430 g/mol. The van der Waals surface area contributed by atoms with Crippen molar-refractivity contribution in [2.45, 2.75) is 45.3 Å². The molecule has 2 aliphatic rings. The number of rotatable bonds is 5. The Morgan fingerprint density at radius 3 is 2.65 bits per heavy atom. The molecule has 1 aromatic heterocycles. The van der Waals surface area contributed by atoms with Crippen molar-refractivity contribution in [3.8, 4) is 0 Å². The van der Waals surface area contributed by atoms with Gasteiger partial charge in [0.15, 0.2) is 0 Å². The summed E-state index contributed by atoms with van der Waals surface area (Å²) < 4.78 is 16.9. The molecule has 0 amide bonds. The Bertz CT molecular complexity index is 1130. The van der Waals surface area contributed by atoms with E-state index >= 15 is 4.39 Å². The monoisotopic (exact) mass is 430 g/mol. The van der Waals surface area contributed by atoms with Crippen molar-refractivity contribution in [2.75, 3.05) is 24.5 Å². The number of halogens is 1. The van der Waals surface area contributed by atoms with E-state index in [1.807, 2.05) is 25.7 Å². The van der Waals surface area contributed by atoms with Crippen LogP contribution in [0.25, 0.3) is 10.9 Å². The molecule has 1 unspecified atom stereocenters. The highest BCUT2D eigenvalue weighted by molar-refractivity contribution is 5.96. The molecule has 4 rings (SSSR count). The van der Waals surface area contributed by atoms with Gasteiger partial charge in [-0.15, -0.1) is 0 Å². The first-order chi connectivity index (χ1) is 14.6. The lowest BCUT2D eigenvalue weighted by atomic mass is 10.1. The average Bonchev–Trinajstić information content (AvgIpc) is 3.45. The molecule has 1 saturated heterocycles. The molecule has 2 fully saturated rings. The van der Waals surface area contributed by atoms with Crippen LogP contribution in [-0.2, 0) is 4.84 Å². The highest BCUT2D eigenvalue weighted by Gasteiger charge is 2.32. The van der Waals surface area contributed by atoms with Crippen LogP contribution < -0.4 is 16.1 Å². The Morgan fingerprint density at radius 2 is 2.06 bits per heavy atom. The third-order valence-electron chi connectivity index (χ3n) is 5.60. The van der Waals surface area contributed by atoms with Gasteiger partial charge in [-0.25, -0.2) is 9.18 Å². The molecule has 8 nitrogen and oxygen atoms in total. The molecule has 1 atom stereocenters. The number of hydrogen-bond donors (Lipinski definition) is 2. The second-order valence-corrected chi connectivity index (χ2v) is 9.24. The van der Waals surface area contributed by atoms with Crippen LogP contribution in [0.3, 0.4) is 0 Å². The van der Waals surface area contributed by atoms with Gasteiger partial charge in [0.1, 0.15) is 17.0 Å². The Kier molecular flexibility index (Phi) is 5.25. The maximum absolute atomic E-state index is 15.1. The van der Waals surface area contributed by atoms with Crippen molar-refractivity contribution in [1.82, 2.24) is 4.57 Å². The first-order valence-corrected chi connectivity index (χ1v) is 10.4. The van der Waals surface area contributed by atoms with E-state index < -0.39 is 22.8 Å². The SMILES string of the molecule is CC(C)(C)ON=C1CN(c2cc3c(cc2F)c(=O)c(C(=O)O)cn3C2CC2)CC1CN. The minimum absolute atomic E-state index is 0.0718. The van der Waals surface area contributed by atoms with Gasteiger partial charge in [-0.3, -0.25) is 4.79 Å². The highest BCUT2D eigenvalue weighted by Crippen LogP contribution is 2.38. The number of carboxylic acid groups (broad SMARTS) is 1. The maximum atomic E-state index is 15.1. The Morgan fingerprint density at radius 1 is 1.35 bits per heavy atom. The topological polar surface area (TPSA) is 110 Å². The number of carbonyl (C=O) groups is 1. The van der Waals surface area contributed by atoms with E-state index in [1.165, 1.54) is 6.20 Å². The zero-order valence-electron chi connectivity index (χ0n) is 17.9. The summed E-state index contributed by atoms with van der Waals surface area (Å²) in [6, 6.07) is 2.90.